The maximum absolute atomic E-state index is 8.81. The average Bonchev–Trinajstić information content (AvgIpc) is 2.39. The minimum absolute atomic E-state index is 0.160. The van der Waals surface area contributed by atoms with Crippen LogP contribution in [0.1, 0.15) is 5.56 Å². The molecule has 0 atom stereocenters. The van der Waals surface area contributed by atoms with E-state index in [0.29, 0.717) is 22.8 Å². The highest BCUT2D eigenvalue weighted by molar-refractivity contribution is 6.28. The van der Waals surface area contributed by atoms with Crippen molar-refractivity contribution in [3.8, 4) is 11.8 Å². The van der Waals surface area contributed by atoms with Crippen molar-refractivity contribution in [2.75, 3.05) is 12.4 Å². The summed E-state index contributed by atoms with van der Waals surface area (Å²) in [6, 6.07) is 8.81. The molecule has 5 nitrogen and oxygen atoms in total. The van der Waals surface area contributed by atoms with Crippen molar-refractivity contribution in [3.63, 3.8) is 0 Å². The zero-order valence-electron chi connectivity index (χ0n) is 9.51. The first-order valence-corrected chi connectivity index (χ1v) is 5.44. The Morgan fingerprint density at radius 1 is 1.39 bits per heavy atom. The van der Waals surface area contributed by atoms with Crippen molar-refractivity contribution >= 4 is 23.1 Å². The van der Waals surface area contributed by atoms with Crippen molar-refractivity contribution < 1.29 is 4.74 Å². The molecule has 1 heterocycles. The number of nitrogens with zero attached hydrogens (tertiary/aromatic N) is 3. The third-order valence-electron chi connectivity index (χ3n) is 2.22. The highest BCUT2D eigenvalue weighted by atomic mass is 35.5. The van der Waals surface area contributed by atoms with Gasteiger partial charge >= 0.3 is 0 Å². The summed E-state index contributed by atoms with van der Waals surface area (Å²) in [5, 5.41) is 12.0. The van der Waals surface area contributed by atoms with E-state index in [9.17, 15) is 0 Å². The van der Waals surface area contributed by atoms with Gasteiger partial charge in [-0.25, -0.2) is 9.97 Å². The number of aromatic nitrogens is 2. The summed E-state index contributed by atoms with van der Waals surface area (Å²) in [5.74, 6) is 1.11. The standard InChI is InChI=1S/C12H9ClN4O/c1-18-10-6-8(7-14)2-3-9(10)16-11-4-5-15-12(13)17-11/h2-6H,1H3,(H,15,16,17). The summed E-state index contributed by atoms with van der Waals surface area (Å²) < 4.78 is 5.20. The maximum Gasteiger partial charge on any atom is 0.224 e. The first kappa shape index (κ1) is 12.1. The molecule has 0 spiro atoms. The summed E-state index contributed by atoms with van der Waals surface area (Å²) in [6.07, 6.45) is 1.55. The van der Waals surface area contributed by atoms with E-state index >= 15 is 0 Å². The SMILES string of the molecule is COc1cc(C#N)ccc1Nc1ccnc(Cl)n1. The Kier molecular flexibility index (Phi) is 3.60. The second-order valence-electron chi connectivity index (χ2n) is 3.36. The predicted molar refractivity (Wildman–Crippen MR) is 68.0 cm³/mol. The van der Waals surface area contributed by atoms with Crippen molar-refractivity contribution in [2.45, 2.75) is 0 Å². The van der Waals surface area contributed by atoms with Gasteiger partial charge in [0, 0.05) is 12.3 Å². The lowest BCUT2D eigenvalue weighted by Crippen LogP contribution is -1.97. The molecule has 6 heteroatoms. The minimum Gasteiger partial charge on any atom is -0.495 e. The summed E-state index contributed by atoms with van der Waals surface area (Å²) in [7, 11) is 1.54. The molecule has 0 fully saturated rings. The zero-order valence-corrected chi connectivity index (χ0v) is 10.3. The van der Waals surface area contributed by atoms with Gasteiger partial charge in [0.25, 0.3) is 0 Å². The van der Waals surface area contributed by atoms with Gasteiger partial charge in [0.2, 0.25) is 5.28 Å². The average molecular weight is 261 g/mol. The Bertz CT molecular complexity index is 609. The number of nitriles is 1. The number of rotatable bonds is 3. The molecule has 1 aromatic carbocycles. The molecule has 2 rings (SSSR count). The maximum atomic E-state index is 8.81. The fourth-order valence-corrected chi connectivity index (χ4v) is 1.55. The minimum atomic E-state index is 0.160. The van der Waals surface area contributed by atoms with Gasteiger partial charge in [-0.1, -0.05) is 0 Å². The van der Waals surface area contributed by atoms with Crippen LogP contribution in [0.25, 0.3) is 0 Å². The Hall–Kier alpha value is -2.32. The van der Waals surface area contributed by atoms with Gasteiger partial charge in [-0.2, -0.15) is 5.26 Å². The number of hydrogen-bond acceptors (Lipinski definition) is 5. The first-order chi connectivity index (χ1) is 8.72. The van der Waals surface area contributed by atoms with Crippen molar-refractivity contribution in [3.05, 3.63) is 41.3 Å². The van der Waals surface area contributed by atoms with E-state index in [4.69, 9.17) is 21.6 Å². The molecule has 1 N–H and O–H groups in total. The molecule has 0 unspecified atom stereocenters. The lowest BCUT2D eigenvalue weighted by atomic mass is 10.2. The van der Waals surface area contributed by atoms with Crippen molar-refractivity contribution in [2.24, 2.45) is 0 Å². The molecule has 18 heavy (non-hydrogen) atoms. The van der Waals surface area contributed by atoms with Gasteiger partial charge in [-0.15, -0.1) is 0 Å². The van der Waals surface area contributed by atoms with Crippen LogP contribution in [0.4, 0.5) is 11.5 Å². The van der Waals surface area contributed by atoms with Gasteiger partial charge in [-0.05, 0) is 29.8 Å². The van der Waals surface area contributed by atoms with Crippen LogP contribution in [-0.2, 0) is 0 Å². The van der Waals surface area contributed by atoms with E-state index in [1.54, 1.807) is 30.5 Å². The van der Waals surface area contributed by atoms with E-state index in [-0.39, 0.29) is 5.28 Å². The molecular weight excluding hydrogens is 252 g/mol. The number of ether oxygens (including phenoxy) is 1. The normalized spacial score (nSPS) is 9.61. The van der Waals surface area contributed by atoms with Crippen molar-refractivity contribution in [1.82, 2.24) is 9.97 Å². The topological polar surface area (TPSA) is 70.8 Å². The van der Waals surface area contributed by atoms with Crippen LogP contribution >= 0.6 is 11.6 Å². The van der Waals surface area contributed by atoms with Crippen LogP contribution in [-0.4, -0.2) is 17.1 Å². The van der Waals surface area contributed by atoms with E-state index in [2.05, 4.69) is 15.3 Å². The second-order valence-corrected chi connectivity index (χ2v) is 3.70. The number of methoxy groups -OCH3 is 1. The van der Waals surface area contributed by atoms with E-state index in [1.807, 2.05) is 6.07 Å². The molecule has 90 valence electrons. The fraction of sp³-hybridized carbons (Fsp3) is 0.0833. The second kappa shape index (κ2) is 5.34. The Labute approximate surface area is 109 Å². The van der Waals surface area contributed by atoms with E-state index in [1.165, 1.54) is 7.11 Å². The number of nitrogens with one attached hydrogen (secondary N) is 1. The molecule has 0 aliphatic rings. The smallest absolute Gasteiger partial charge is 0.224 e. The monoisotopic (exact) mass is 260 g/mol. The van der Waals surface area contributed by atoms with E-state index < -0.39 is 0 Å². The summed E-state index contributed by atoms with van der Waals surface area (Å²) in [4.78, 5) is 7.80. The first-order valence-electron chi connectivity index (χ1n) is 5.06. The quantitative estimate of drug-likeness (QED) is 0.859. The Morgan fingerprint density at radius 3 is 2.89 bits per heavy atom. The number of benzene rings is 1. The summed E-state index contributed by atoms with van der Waals surface area (Å²) in [6.45, 7) is 0. The molecule has 2 aromatic rings. The summed E-state index contributed by atoms with van der Waals surface area (Å²) >= 11 is 5.70. The highest BCUT2D eigenvalue weighted by Gasteiger charge is 2.05. The van der Waals surface area contributed by atoms with Crippen LogP contribution < -0.4 is 10.1 Å². The molecule has 0 amide bonds. The Balaban J connectivity index is 2.32. The number of anilines is 2. The van der Waals surface area contributed by atoms with Crippen molar-refractivity contribution in [1.29, 1.82) is 5.26 Å². The molecule has 0 aliphatic carbocycles. The lowest BCUT2D eigenvalue weighted by molar-refractivity contribution is 0.416. The van der Waals surface area contributed by atoms with E-state index in [0.717, 1.165) is 0 Å². The molecule has 0 saturated heterocycles. The largest absolute Gasteiger partial charge is 0.495 e. The zero-order chi connectivity index (χ0) is 13.0. The third-order valence-corrected chi connectivity index (χ3v) is 2.40. The van der Waals surface area contributed by atoms with Gasteiger partial charge < -0.3 is 10.1 Å². The molecule has 0 aliphatic heterocycles. The third kappa shape index (κ3) is 2.67. The van der Waals surface area contributed by atoms with Crippen LogP contribution in [0.5, 0.6) is 5.75 Å². The van der Waals surface area contributed by atoms with Crippen LogP contribution in [0.15, 0.2) is 30.5 Å². The van der Waals surface area contributed by atoms with Crippen LogP contribution in [0.2, 0.25) is 5.28 Å². The lowest BCUT2D eigenvalue weighted by Gasteiger charge is -2.10. The van der Waals surface area contributed by atoms with Crippen LogP contribution in [0, 0.1) is 11.3 Å². The molecule has 1 aromatic heterocycles. The Morgan fingerprint density at radius 2 is 2.22 bits per heavy atom. The van der Waals surface area contributed by atoms with Gasteiger partial charge in [0.05, 0.1) is 24.4 Å². The molecule has 0 radical (unpaired) electrons. The van der Waals surface area contributed by atoms with Crippen LogP contribution in [0.3, 0.4) is 0 Å². The molecule has 0 saturated carbocycles. The predicted octanol–water partition coefficient (Wildman–Crippen LogP) is 2.75. The molecular formula is C12H9ClN4O. The number of halogens is 1. The highest BCUT2D eigenvalue weighted by Crippen LogP contribution is 2.27. The fourth-order valence-electron chi connectivity index (χ4n) is 1.41. The number of hydrogen-bond donors (Lipinski definition) is 1. The molecule has 0 bridgehead atoms. The van der Waals surface area contributed by atoms with Gasteiger partial charge in [-0.3, -0.25) is 0 Å². The van der Waals surface area contributed by atoms with Gasteiger partial charge in [0.1, 0.15) is 11.6 Å². The van der Waals surface area contributed by atoms with Gasteiger partial charge in [0.15, 0.2) is 0 Å². The summed E-state index contributed by atoms with van der Waals surface area (Å²) in [5.41, 5.74) is 1.23.